The van der Waals surface area contributed by atoms with Gasteiger partial charge < -0.3 is 5.73 Å². The van der Waals surface area contributed by atoms with Crippen LogP contribution in [0.2, 0.25) is 0 Å². The van der Waals surface area contributed by atoms with Gasteiger partial charge in [-0.1, -0.05) is 0 Å². The molecule has 0 saturated carbocycles. The Balaban J connectivity index is 1.93. The van der Waals surface area contributed by atoms with Crippen molar-refractivity contribution in [3.8, 4) is 0 Å². The first-order valence-corrected chi connectivity index (χ1v) is 5.08. The maximum Gasteiger partial charge on any atom is 0.0719 e. The standard InChI is InChI=1S/C9H11N3S/c10-9-5-11-12(6-9)3-1-8-2-4-13-7-8/h2,4-7H,1,3,10H2. The van der Waals surface area contributed by atoms with E-state index in [2.05, 4.69) is 21.9 Å². The van der Waals surface area contributed by atoms with Crippen LogP contribution in [0.15, 0.2) is 29.2 Å². The van der Waals surface area contributed by atoms with Crippen LogP contribution in [0.5, 0.6) is 0 Å². The molecule has 0 saturated heterocycles. The molecule has 2 rings (SSSR count). The molecular weight excluding hydrogens is 182 g/mol. The highest BCUT2D eigenvalue weighted by molar-refractivity contribution is 7.07. The molecule has 68 valence electrons. The van der Waals surface area contributed by atoms with Crippen molar-refractivity contribution < 1.29 is 0 Å². The van der Waals surface area contributed by atoms with Crippen molar-refractivity contribution in [3.63, 3.8) is 0 Å². The van der Waals surface area contributed by atoms with E-state index in [9.17, 15) is 0 Å². The fourth-order valence-electron chi connectivity index (χ4n) is 1.18. The molecule has 0 amide bonds. The molecule has 0 aliphatic rings. The highest BCUT2D eigenvalue weighted by Gasteiger charge is 1.96. The Labute approximate surface area is 80.8 Å². The number of hydrogen-bond acceptors (Lipinski definition) is 3. The minimum Gasteiger partial charge on any atom is -0.396 e. The van der Waals surface area contributed by atoms with Crippen LogP contribution in [-0.4, -0.2) is 9.78 Å². The highest BCUT2D eigenvalue weighted by atomic mass is 32.1. The number of thiophene rings is 1. The Morgan fingerprint density at radius 1 is 1.54 bits per heavy atom. The first-order valence-electron chi connectivity index (χ1n) is 4.13. The van der Waals surface area contributed by atoms with Gasteiger partial charge in [0.05, 0.1) is 11.9 Å². The molecule has 0 aromatic carbocycles. The highest BCUT2D eigenvalue weighted by Crippen LogP contribution is 2.08. The molecule has 0 atom stereocenters. The van der Waals surface area contributed by atoms with Crippen LogP contribution in [0.1, 0.15) is 5.56 Å². The molecule has 2 heterocycles. The van der Waals surface area contributed by atoms with E-state index < -0.39 is 0 Å². The summed E-state index contributed by atoms with van der Waals surface area (Å²) in [4.78, 5) is 0. The lowest BCUT2D eigenvalue weighted by atomic mass is 10.2. The van der Waals surface area contributed by atoms with Crippen molar-refractivity contribution in [3.05, 3.63) is 34.8 Å². The van der Waals surface area contributed by atoms with Crippen molar-refractivity contribution in [2.24, 2.45) is 0 Å². The van der Waals surface area contributed by atoms with Gasteiger partial charge in [-0.05, 0) is 28.8 Å². The molecule has 2 aromatic heterocycles. The quantitative estimate of drug-likeness (QED) is 0.807. The van der Waals surface area contributed by atoms with E-state index in [0.717, 1.165) is 18.7 Å². The zero-order valence-corrected chi connectivity index (χ0v) is 8.00. The second-order valence-electron chi connectivity index (χ2n) is 2.92. The first-order chi connectivity index (χ1) is 6.34. The first kappa shape index (κ1) is 8.31. The smallest absolute Gasteiger partial charge is 0.0719 e. The van der Waals surface area contributed by atoms with Crippen molar-refractivity contribution >= 4 is 17.0 Å². The number of nitrogens with zero attached hydrogens (tertiary/aromatic N) is 2. The summed E-state index contributed by atoms with van der Waals surface area (Å²) in [7, 11) is 0. The maximum atomic E-state index is 5.55. The molecule has 2 N–H and O–H groups in total. The van der Waals surface area contributed by atoms with Crippen molar-refractivity contribution in [2.75, 3.05) is 5.73 Å². The zero-order valence-electron chi connectivity index (χ0n) is 7.18. The zero-order chi connectivity index (χ0) is 9.10. The van der Waals surface area contributed by atoms with E-state index >= 15 is 0 Å². The molecule has 3 nitrogen and oxygen atoms in total. The molecule has 0 radical (unpaired) electrons. The lowest BCUT2D eigenvalue weighted by molar-refractivity contribution is 0.616. The predicted molar refractivity (Wildman–Crippen MR) is 54.7 cm³/mol. The van der Waals surface area contributed by atoms with E-state index in [-0.39, 0.29) is 0 Å². The second kappa shape index (κ2) is 3.62. The van der Waals surface area contributed by atoms with Gasteiger partial charge in [0, 0.05) is 12.7 Å². The third kappa shape index (κ3) is 2.09. The van der Waals surface area contributed by atoms with Crippen LogP contribution >= 0.6 is 11.3 Å². The van der Waals surface area contributed by atoms with E-state index in [1.165, 1.54) is 5.56 Å². The molecule has 4 heteroatoms. The van der Waals surface area contributed by atoms with Gasteiger partial charge in [0.25, 0.3) is 0 Å². The Morgan fingerprint density at radius 2 is 2.46 bits per heavy atom. The van der Waals surface area contributed by atoms with Gasteiger partial charge in [-0.2, -0.15) is 16.4 Å². The Hall–Kier alpha value is -1.29. The molecule has 0 unspecified atom stereocenters. The lowest BCUT2D eigenvalue weighted by Gasteiger charge is -1.98. The van der Waals surface area contributed by atoms with Gasteiger partial charge in [-0.3, -0.25) is 4.68 Å². The Kier molecular flexibility index (Phi) is 2.31. The minimum atomic E-state index is 0.727. The number of hydrogen-bond donors (Lipinski definition) is 1. The largest absolute Gasteiger partial charge is 0.396 e. The Bertz CT molecular complexity index is 364. The van der Waals surface area contributed by atoms with Crippen LogP contribution < -0.4 is 5.73 Å². The van der Waals surface area contributed by atoms with Gasteiger partial charge in [-0.15, -0.1) is 0 Å². The normalized spacial score (nSPS) is 10.5. The number of nitrogen functional groups attached to an aromatic ring is 1. The summed E-state index contributed by atoms with van der Waals surface area (Å²) < 4.78 is 1.87. The number of aromatic nitrogens is 2. The molecule has 0 aliphatic heterocycles. The molecular formula is C9H11N3S. The summed E-state index contributed by atoms with van der Waals surface area (Å²) in [5, 5.41) is 8.36. The summed E-state index contributed by atoms with van der Waals surface area (Å²) in [6, 6.07) is 2.14. The van der Waals surface area contributed by atoms with Gasteiger partial charge in [-0.25, -0.2) is 0 Å². The molecule has 0 spiro atoms. The fraction of sp³-hybridized carbons (Fsp3) is 0.222. The van der Waals surface area contributed by atoms with Crippen LogP contribution in [0.25, 0.3) is 0 Å². The summed E-state index contributed by atoms with van der Waals surface area (Å²) in [6.07, 6.45) is 4.55. The molecule has 0 bridgehead atoms. The molecule has 0 fully saturated rings. The van der Waals surface area contributed by atoms with E-state index in [1.807, 2.05) is 10.9 Å². The summed E-state index contributed by atoms with van der Waals surface area (Å²) in [6.45, 7) is 0.897. The fourth-order valence-corrected chi connectivity index (χ4v) is 1.88. The minimum absolute atomic E-state index is 0.727. The van der Waals surface area contributed by atoms with Gasteiger partial charge >= 0.3 is 0 Å². The van der Waals surface area contributed by atoms with E-state index in [0.29, 0.717) is 0 Å². The van der Waals surface area contributed by atoms with Crippen LogP contribution in [-0.2, 0) is 13.0 Å². The van der Waals surface area contributed by atoms with Crippen molar-refractivity contribution in [1.82, 2.24) is 9.78 Å². The molecule has 2 aromatic rings. The van der Waals surface area contributed by atoms with Crippen LogP contribution in [0.4, 0.5) is 5.69 Å². The summed E-state index contributed by atoms with van der Waals surface area (Å²) >= 11 is 1.73. The average Bonchev–Trinajstić information content (AvgIpc) is 2.71. The monoisotopic (exact) mass is 193 g/mol. The van der Waals surface area contributed by atoms with Gasteiger partial charge in [0.1, 0.15) is 0 Å². The van der Waals surface area contributed by atoms with Crippen LogP contribution in [0, 0.1) is 0 Å². The maximum absolute atomic E-state index is 5.55. The van der Waals surface area contributed by atoms with Gasteiger partial charge in [0.15, 0.2) is 0 Å². The lowest BCUT2D eigenvalue weighted by Crippen LogP contribution is -2.00. The van der Waals surface area contributed by atoms with E-state index in [4.69, 9.17) is 5.73 Å². The topological polar surface area (TPSA) is 43.8 Å². The number of aryl methyl sites for hydroxylation is 2. The number of rotatable bonds is 3. The third-order valence-electron chi connectivity index (χ3n) is 1.86. The third-order valence-corrected chi connectivity index (χ3v) is 2.59. The van der Waals surface area contributed by atoms with Crippen molar-refractivity contribution in [1.29, 1.82) is 0 Å². The second-order valence-corrected chi connectivity index (χ2v) is 3.70. The number of nitrogens with two attached hydrogens (primary N) is 1. The average molecular weight is 193 g/mol. The van der Waals surface area contributed by atoms with E-state index in [1.54, 1.807) is 17.5 Å². The SMILES string of the molecule is Nc1cnn(CCc2ccsc2)c1. The summed E-state index contributed by atoms with van der Waals surface area (Å²) in [5.74, 6) is 0. The molecule has 13 heavy (non-hydrogen) atoms. The van der Waals surface area contributed by atoms with Crippen LogP contribution in [0.3, 0.4) is 0 Å². The molecule has 0 aliphatic carbocycles. The Morgan fingerprint density at radius 3 is 3.08 bits per heavy atom. The number of anilines is 1. The van der Waals surface area contributed by atoms with Gasteiger partial charge in [0.2, 0.25) is 0 Å². The predicted octanol–water partition coefficient (Wildman–Crippen LogP) is 1.77. The van der Waals surface area contributed by atoms with Crippen molar-refractivity contribution in [2.45, 2.75) is 13.0 Å². The summed E-state index contributed by atoms with van der Waals surface area (Å²) in [5.41, 5.74) is 7.63.